The maximum atomic E-state index is 14.4. The monoisotopic (exact) mass is 408 g/mol. The Balaban J connectivity index is 2.20. The molecular weight excluding hydrogens is 387 g/mol. The van der Waals surface area contributed by atoms with Crippen LogP contribution in [-0.2, 0) is 4.74 Å². The summed E-state index contributed by atoms with van der Waals surface area (Å²) in [6, 6.07) is 11.8. The molecule has 0 radical (unpaired) electrons. The molecule has 30 heavy (non-hydrogen) atoms. The first-order valence-corrected chi connectivity index (χ1v) is 9.32. The Morgan fingerprint density at radius 1 is 1.27 bits per heavy atom. The SMILES string of the molecule is C[C@H](NC(=O)OC(C)(C)C)c1nc2cccc(F)c2c(=O)n1-c1cccc(C#N)c1. The van der Waals surface area contributed by atoms with Crippen molar-refractivity contribution in [2.24, 2.45) is 0 Å². The van der Waals surface area contributed by atoms with Crippen molar-refractivity contribution in [3.63, 3.8) is 0 Å². The molecule has 1 atom stereocenters. The normalized spacial score (nSPS) is 12.3. The number of benzene rings is 2. The van der Waals surface area contributed by atoms with Crippen LogP contribution in [0.25, 0.3) is 16.6 Å². The van der Waals surface area contributed by atoms with Crippen LogP contribution in [0.3, 0.4) is 0 Å². The number of nitrogens with zero attached hydrogens (tertiary/aromatic N) is 3. The standard InChI is InChI=1S/C22H21FN4O3/c1-13(25-21(29)30-22(2,3)4)19-26-17-10-6-9-16(23)18(17)20(28)27(19)15-8-5-7-14(11-15)12-24/h5-11,13H,1-4H3,(H,25,29)/t13-/m0/s1. The van der Waals surface area contributed by atoms with Gasteiger partial charge in [0.2, 0.25) is 0 Å². The van der Waals surface area contributed by atoms with Crippen molar-refractivity contribution in [3.8, 4) is 11.8 Å². The molecule has 0 bridgehead atoms. The summed E-state index contributed by atoms with van der Waals surface area (Å²) in [5.41, 5.74) is -0.511. The van der Waals surface area contributed by atoms with Gasteiger partial charge in [0.25, 0.3) is 5.56 Å². The van der Waals surface area contributed by atoms with E-state index in [2.05, 4.69) is 10.3 Å². The lowest BCUT2D eigenvalue weighted by molar-refractivity contribution is 0.0505. The van der Waals surface area contributed by atoms with Gasteiger partial charge in [0, 0.05) is 0 Å². The summed E-state index contributed by atoms with van der Waals surface area (Å²) in [6.07, 6.45) is -0.680. The van der Waals surface area contributed by atoms with E-state index in [0.29, 0.717) is 11.3 Å². The van der Waals surface area contributed by atoms with Gasteiger partial charge < -0.3 is 10.1 Å². The van der Waals surface area contributed by atoms with E-state index in [4.69, 9.17) is 4.74 Å². The highest BCUT2D eigenvalue weighted by Crippen LogP contribution is 2.21. The van der Waals surface area contributed by atoms with Gasteiger partial charge in [0.05, 0.1) is 28.9 Å². The fourth-order valence-corrected chi connectivity index (χ4v) is 3.01. The molecule has 0 aliphatic rings. The van der Waals surface area contributed by atoms with E-state index in [0.717, 1.165) is 0 Å². The number of ether oxygens (including phenoxy) is 1. The molecule has 8 heteroatoms. The summed E-state index contributed by atoms with van der Waals surface area (Å²) in [6.45, 7) is 6.84. The molecule has 3 rings (SSSR count). The van der Waals surface area contributed by atoms with Crippen molar-refractivity contribution in [1.29, 1.82) is 5.26 Å². The van der Waals surface area contributed by atoms with Gasteiger partial charge in [-0.3, -0.25) is 9.36 Å². The minimum absolute atomic E-state index is 0.167. The molecule has 0 saturated carbocycles. The maximum Gasteiger partial charge on any atom is 0.408 e. The maximum absolute atomic E-state index is 14.4. The summed E-state index contributed by atoms with van der Waals surface area (Å²) in [5, 5.41) is 11.7. The summed E-state index contributed by atoms with van der Waals surface area (Å²) >= 11 is 0. The van der Waals surface area contributed by atoms with Gasteiger partial charge in [-0.1, -0.05) is 12.1 Å². The molecule has 0 aliphatic carbocycles. The fourth-order valence-electron chi connectivity index (χ4n) is 3.01. The second kappa shape index (κ2) is 7.95. The van der Waals surface area contributed by atoms with Crippen molar-refractivity contribution in [1.82, 2.24) is 14.9 Å². The Morgan fingerprint density at radius 2 is 1.97 bits per heavy atom. The van der Waals surface area contributed by atoms with Crippen molar-refractivity contribution in [2.45, 2.75) is 39.3 Å². The fraction of sp³-hybridized carbons (Fsp3) is 0.273. The third-order valence-electron chi connectivity index (χ3n) is 4.23. The summed E-state index contributed by atoms with van der Waals surface area (Å²) < 4.78 is 20.9. The number of aromatic nitrogens is 2. The first-order valence-electron chi connectivity index (χ1n) is 9.32. The molecule has 1 amide bonds. The largest absolute Gasteiger partial charge is 0.444 e. The lowest BCUT2D eigenvalue weighted by Gasteiger charge is -2.23. The van der Waals surface area contributed by atoms with Gasteiger partial charge in [0.15, 0.2) is 0 Å². The number of carbonyl (C=O) groups is 1. The zero-order valence-electron chi connectivity index (χ0n) is 17.1. The molecule has 3 aromatic rings. The van der Waals surface area contributed by atoms with Crippen LogP contribution in [0.1, 0.15) is 45.1 Å². The molecule has 0 saturated heterocycles. The summed E-state index contributed by atoms with van der Waals surface area (Å²) in [5.74, 6) is -0.520. The highest BCUT2D eigenvalue weighted by Gasteiger charge is 2.23. The number of alkyl carbamates (subject to hydrolysis) is 1. The zero-order chi connectivity index (χ0) is 22.1. The predicted molar refractivity (Wildman–Crippen MR) is 110 cm³/mol. The summed E-state index contributed by atoms with van der Waals surface area (Å²) in [4.78, 5) is 29.9. The van der Waals surface area contributed by atoms with Gasteiger partial charge in [-0.15, -0.1) is 0 Å². The van der Waals surface area contributed by atoms with Gasteiger partial charge >= 0.3 is 6.09 Å². The van der Waals surface area contributed by atoms with Crippen molar-refractivity contribution in [3.05, 3.63) is 70.0 Å². The number of nitriles is 1. The van der Waals surface area contributed by atoms with Crippen LogP contribution in [0.5, 0.6) is 0 Å². The van der Waals surface area contributed by atoms with E-state index in [-0.39, 0.29) is 16.7 Å². The first kappa shape index (κ1) is 21.0. The van der Waals surface area contributed by atoms with E-state index in [9.17, 15) is 19.2 Å². The molecular formula is C22H21FN4O3. The number of fused-ring (bicyclic) bond motifs is 1. The number of halogens is 1. The van der Waals surface area contributed by atoms with Gasteiger partial charge in [-0.2, -0.15) is 5.26 Å². The quantitative estimate of drug-likeness (QED) is 0.707. The van der Waals surface area contributed by atoms with E-state index < -0.39 is 29.1 Å². The number of hydrogen-bond acceptors (Lipinski definition) is 5. The molecule has 7 nitrogen and oxygen atoms in total. The van der Waals surface area contributed by atoms with Crippen LogP contribution in [0, 0.1) is 17.1 Å². The second-order valence-electron chi connectivity index (χ2n) is 7.77. The lowest BCUT2D eigenvalue weighted by Crippen LogP contribution is -2.37. The average Bonchev–Trinajstić information content (AvgIpc) is 2.66. The number of carbonyl (C=O) groups excluding carboxylic acids is 1. The van der Waals surface area contributed by atoms with Crippen LogP contribution in [-0.4, -0.2) is 21.2 Å². The highest BCUT2D eigenvalue weighted by atomic mass is 19.1. The number of hydrogen-bond donors (Lipinski definition) is 1. The Hall–Kier alpha value is -3.73. The third-order valence-corrected chi connectivity index (χ3v) is 4.23. The first-order chi connectivity index (χ1) is 14.1. The van der Waals surface area contributed by atoms with E-state index in [1.54, 1.807) is 45.9 Å². The predicted octanol–water partition coefficient (Wildman–Crippen LogP) is 3.98. The molecule has 0 aliphatic heterocycles. The van der Waals surface area contributed by atoms with E-state index >= 15 is 0 Å². The highest BCUT2D eigenvalue weighted by molar-refractivity contribution is 5.79. The van der Waals surface area contributed by atoms with Gasteiger partial charge in [0.1, 0.15) is 22.6 Å². The van der Waals surface area contributed by atoms with Crippen molar-refractivity contribution < 1.29 is 13.9 Å². The average molecular weight is 408 g/mol. The van der Waals surface area contributed by atoms with Crippen LogP contribution in [0.15, 0.2) is 47.3 Å². The topological polar surface area (TPSA) is 97.0 Å². The Bertz CT molecular complexity index is 1220. The summed E-state index contributed by atoms with van der Waals surface area (Å²) in [7, 11) is 0. The molecule has 154 valence electrons. The molecule has 0 spiro atoms. The number of rotatable bonds is 3. The Morgan fingerprint density at radius 3 is 2.63 bits per heavy atom. The van der Waals surface area contributed by atoms with Crippen LogP contribution < -0.4 is 10.9 Å². The van der Waals surface area contributed by atoms with Crippen LogP contribution >= 0.6 is 0 Å². The zero-order valence-corrected chi connectivity index (χ0v) is 17.1. The molecule has 1 heterocycles. The van der Waals surface area contributed by atoms with Crippen molar-refractivity contribution >= 4 is 17.0 Å². The Labute approximate surface area is 172 Å². The van der Waals surface area contributed by atoms with Crippen LogP contribution in [0.4, 0.5) is 9.18 Å². The minimum Gasteiger partial charge on any atom is -0.444 e. The Kier molecular flexibility index (Phi) is 5.56. The van der Waals surface area contributed by atoms with E-state index in [1.807, 2.05) is 6.07 Å². The molecule has 1 N–H and O–H groups in total. The minimum atomic E-state index is -0.744. The van der Waals surface area contributed by atoms with Crippen molar-refractivity contribution in [2.75, 3.05) is 0 Å². The van der Waals surface area contributed by atoms with Gasteiger partial charge in [-0.05, 0) is 58.0 Å². The second-order valence-corrected chi connectivity index (χ2v) is 7.77. The third kappa shape index (κ3) is 4.30. The molecule has 0 fully saturated rings. The molecule has 0 unspecified atom stereocenters. The number of amides is 1. The molecule has 1 aromatic heterocycles. The number of nitrogens with one attached hydrogen (secondary N) is 1. The van der Waals surface area contributed by atoms with Gasteiger partial charge in [-0.25, -0.2) is 14.2 Å². The molecule has 2 aromatic carbocycles. The smallest absolute Gasteiger partial charge is 0.408 e. The lowest BCUT2D eigenvalue weighted by atomic mass is 10.1. The van der Waals surface area contributed by atoms with Crippen LogP contribution in [0.2, 0.25) is 0 Å². The van der Waals surface area contributed by atoms with E-state index in [1.165, 1.54) is 28.8 Å².